The molecular weight excluding hydrogens is 252 g/mol. The molecule has 0 saturated carbocycles. The molecule has 96 valence electrons. The van der Waals surface area contributed by atoms with E-state index in [2.05, 4.69) is 16.7 Å². The maximum atomic E-state index is 11.2. The van der Waals surface area contributed by atoms with Crippen LogP contribution in [0.1, 0.15) is 5.56 Å². The monoisotopic (exact) mass is 266 g/mol. The second kappa shape index (κ2) is 6.72. The molecule has 0 aliphatic heterocycles. The van der Waals surface area contributed by atoms with Crippen LogP contribution in [0, 0.1) is 11.3 Å². The predicted octanol–water partition coefficient (Wildman–Crippen LogP) is 1.89. The van der Waals surface area contributed by atoms with Gasteiger partial charge in [-0.25, -0.2) is 4.79 Å². The van der Waals surface area contributed by atoms with E-state index in [0.29, 0.717) is 29.4 Å². The Balaban J connectivity index is 2.47. The Morgan fingerprint density at radius 3 is 2.78 bits per heavy atom. The summed E-state index contributed by atoms with van der Waals surface area (Å²) in [5.41, 5.74) is 1.20. The van der Waals surface area contributed by atoms with Crippen LogP contribution in [-0.4, -0.2) is 38.1 Å². The van der Waals surface area contributed by atoms with Gasteiger partial charge < -0.3 is 15.5 Å². The van der Waals surface area contributed by atoms with E-state index in [1.54, 1.807) is 32.3 Å². The first kappa shape index (κ1) is 14.1. The summed E-state index contributed by atoms with van der Waals surface area (Å²) < 4.78 is 0. The lowest BCUT2D eigenvalue weighted by Crippen LogP contribution is -2.37. The Kier molecular flexibility index (Phi) is 5.28. The first-order valence-corrected chi connectivity index (χ1v) is 5.81. The maximum Gasteiger partial charge on any atom is 0.316 e. The number of rotatable bonds is 4. The molecule has 0 aliphatic rings. The van der Waals surface area contributed by atoms with Gasteiger partial charge in [-0.1, -0.05) is 11.6 Å². The zero-order valence-corrected chi connectivity index (χ0v) is 11.1. The first-order valence-electron chi connectivity index (χ1n) is 5.43. The fraction of sp³-hybridized carbons (Fsp3) is 0.333. The van der Waals surface area contributed by atoms with Crippen LogP contribution in [0.3, 0.4) is 0 Å². The Bertz CT molecular complexity index is 468. The molecule has 0 aliphatic carbocycles. The Labute approximate surface area is 111 Å². The van der Waals surface area contributed by atoms with Gasteiger partial charge in [0.25, 0.3) is 0 Å². The first-order chi connectivity index (χ1) is 8.54. The van der Waals surface area contributed by atoms with E-state index in [1.165, 1.54) is 4.90 Å². The van der Waals surface area contributed by atoms with Crippen LogP contribution in [0.25, 0.3) is 0 Å². The molecular formula is C12H15ClN4O. The summed E-state index contributed by atoms with van der Waals surface area (Å²) in [6, 6.07) is 6.93. The van der Waals surface area contributed by atoms with E-state index in [4.69, 9.17) is 16.9 Å². The van der Waals surface area contributed by atoms with Crippen LogP contribution in [0.15, 0.2) is 18.2 Å². The molecule has 0 aromatic heterocycles. The molecule has 1 aromatic rings. The van der Waals surface area contributed by atoms with Crippen molar-refractivity contribution >= 4 is 23.3 Å². The number of urea groups is 1. The summed E-state index contributed by atoms with van der Waals surface area (Å²) in [7, 11) is 3.35. The zero-order chi connectivity index (χ0) is 13.5. The molecule has 0 saturated heterocycles. The van der Waals surface area contributed by atoms with Gasteiger partial charge in [0.05, 0.1) is 11.3 Å². The van der Waals surface area contributed by atoms with E-state index in [1.807, 2.05) is 0 Å². The second-order valence-electron chi connectivity index (χ2n) is 3.85. The van der Waals surface area contributed by atoms with Crippen molar-refractivity contribution in [3.05, 3.63) is 28.8 Å². The fourth-order valence-corrected chi connectivity index (χ4v) is 1.46. The topological polar surface area (TPSA) is 68.2 Å². The third-order valence-electron chi connectivity index (χ3n) is 2.22. The van der Waals surface area contributed by atoms with Crippen LogP contribution in [0.5, 0.6) is 0 Å². The highest BCUT2D eigenvalue weighted by atomic mass is 35.5. The number of benzene rings is 1. The Morgan fingerprint density at radius 2 is 2.17 bits per heavy atom. The van der Waals surface area contributed by atoms with Gasteiger partial charge in [0.1, 0.15) is 6.07 Å². The quantitative estimate of drug-likeness (QED) is 0.818. The molecule has 0 spiro atoms. The average molecular weight is 267 g/mol. The lowest BCUT2D eigenvalue weighted by Gasteiger charge is -2.13. The molecule has 18 heavy (non-hydrogen) atoms. The number of carbonyl (C=O) groups is 1. The second-order valence-corrected chi connectivity index (χ2v) is 4.29. The van der Waals surface area contributed by atoms with Crippen molar-refractivity contribution in [2.45, 2.75) is 0 Å². The minimum atomic E-state index is -0.150. The van der Waals surface area contributed by atoms with Gasteiger partial charge in [0, 0.05) is 32.2 Å². The summed E-state index contributed by atoms with van der Waals surface area (Å²) in [5, 5.41) is 15.3. The number of amides is 2. The van der Waals surface area contributed by atoms with Gasteiger partial charge in [0.2, 0.25) is 0 Å². The molecule has 0 fully saturated rings. The number of carbonyl (C=O) groups excluding carboxylic acids is 1. The third-order valence-corrected chi connectivity index (χ3v) is 2.46. The standard InChI is InChI=1S/C12H15ClN4O/c1-17(2)12(18)16-6-5-15-11-7-10(13)4-3-9(11)8-14/h3-4,7,15H,5-6H2,1-2H3,(H,16,18). The minimum Gasteiger partial charge on any atom is -0.382 e. The number of halogens is 1. The average Bonchev–Trinajstić information content (AvgIpc) is 2.34. The highest BCUT2D eigenvalue weighted by molar-refractivity contribution is 6.30. The number of nitrogens with zero attached hydrogens (tertiary/aromatic N) is 2. The summed E-state index contributed by atoms with van der Waals surface area (Å²) in [6.07, 6.45) is 0. The smallest absolute Gasteiger partial charge is 0.316 e. The van der Waals surface area contributed by atoms with Crippen molar-refractivity contribution in [2.75, 3.05) is 32.5 Å². The van der Waals surface area contributed by atoms with Crippen LogP contribution in [0.4, 0.5) is 10.5 Å². The van der Waals surface area contributed by atoms with E-state index in [0.717, 1.165) is 0 Å². The summed E-state index contributed by atoms with van der Waals surface area (Å²) in [5.74, 6) is 0. The third kappa shape index (κ3) is 4.15. The van der Waals surface area contributed by atoms with Gasteiger partial charge in [-0.15, -0.1) is 0 Å². The van der Waals surface area contributed by atoms with Gasteiger partial charge in [-0.3, -0.25) is 0 Å². The van der Waals surface area contributed by atoms with Crippen molar-refractivity contribution in [3.8, 4) is 6.07 Å². The highest BCUT2D eigenvalue weighted by Gasteiger charge is 2.03. The molecule has 0 bridgehead atoms. The van der Waals surface area contributed by atoms with Crippen LogP contribution >= 0.6 is 11.6 Å². The van der Waals surface area contributed by atoms with Crippen LogP contribution in [-0.2, 0) is 0 Å². The van der Waals surface area contributed by atoms with Gasteiger partial charge >= 0.3 is 6.03 Å². The van der Waals surface area contributed by atoms with Crippen LogP contribution < -0.4 is 10.6 Å². The molecule has 0 unspecified atom stereocenters. The highest BCUT2D eigenvalue weighted by Crippen LogP contribution is 2.19. The van der Waals surface area contributed by atoms with Gasteiger partial charge in [-0.05, 0) is 18.2 Å². The molecule has 1 aromatic carbocycles. The number of hydrogen-bond donors (Lipinski definition) is 2. The summed E-state index contributed by atoms with van der Waals surface area (Å²) in [6.45, 7) is 0.989. The van der Waals surface area contributed by atoms with E-state index in [-0.39, 0.29) is 6.03 Å². The van der Waals surface area contributed by atoms with Crippen molar-refractivity contribution in [2.24, 2.45) is 0 Å². The normalized spacial score (nSPS) is 9.44. The largest absolute Gasteiger partial charge is 0.382 e. The number of anilines is 1. The molecule has 2 N–H and O–H groups in total. The molecule has 0 radical (unpaired) electrons. The molecule has 0 heterocycles. The van der Waals surface area contributed by atoms with Crippen molar-refractivity contribution < 1.29 is 4.79 Å². The molecule has 5 nitrogen and oxygen atoms in total. The van der Waals surface area contributed by atoms with E-state index >= 15 is 0 Å². The Morgan fingerprint density at radius 1 is 1.44 bits per heavy atom. The van der Waals surface area contributed by atoms with Crippen molar-refractivity contribution in [1.82, 2.24) is 10.2 Å². The minimum absolute atomic E-state index is 0.150. The maximum absolute atomic E-state index is 11.2. The molecule has 0 atom stereocenters. The van der Waals surface area contributed by atoms with E-state index in [9.17, 15) is 4.79 Å². The lowest BCUT2D eigenvalue weighted by molar-refractivity contribution is 0.218. The van der Waals surface area contributed by atoms with E-state index < -0.39 is 0 Å². The van der Waals surface area contributed by atoms with Crippen molar-refractivity contribution in [3.63, 3.8) is 0 Å². The van der Waals surface area contributed by atoms with Gasteiger partial charge in [0.15, 0.2) is 0 Å². The molecule has 2 amide bonds. The van der Waals surface area contributed by atoms with Crippen molar-refractivity contribution in [1.29, 1.82) is 5.26 Å². The predicted molar refractivity (Wildman–Crippen MR) is 71.7 cm³/mol. The molecule has 1 rings (SSSR count). The summed E-state index contributed by atoms with van der Waals surface area (Å²) in [4.78, 5) is 12.7. The Hall–Kier alpha value is -1.93. The fourth-order valence-electron chi connectivity index (χ4n) is 1.28. The molecule has 6 heteroatoms. The number of hydrogen-bond acceptors (Lipinski definition) is 3. The number of nitrogens with one attached hydrogen (secondary N) is 2. The van der Waals surface area contributed by atoms with Crippen LogP contribution in [0.2, 0.25) is 5.02 Å². The summed E-state index contributed by atoms with van der Waals surface area (Å²) >= 11 is 5.85. The SMILES string of the molecule is CN(C)C(=O)NCCNc1cc(Cl)ccc1C#N. The lowest BCUT2D eigenvalue weighted by atomic mass is 10.2. The number of nitriles is 1. The zero-order valence-electron chi connectivity index (χ0n) is 10.3. The van der Waals surface area contributed by atoms with Gasteiger partial charge in [-0.2, -0.15) is 5.26 Å².